The molecule has 1 aromatic heterocycles. The van der Waals surface area contributed by atoms with E-state index in [1.807, 2.05) is 36.4 Å². The maximum atomic E-state index is 13.1. The molecule has 2 amide bonds. The number of aromatic amines is 1. The van der Waals surface area contributed by atoms with Crippen LogP contribution in [-0.2, 0) is 22.6 Å². The minimum Gasteiger partial charge on any atom is -0.392 e. The van der Waals surface area contributed by atoms with Crippen LogP contribution in [0.25, 0.3) is 11.1 Å². The van der Waals surface area contributed by atoms with E-state index in [0.29, 0.717) is 12.3 Å². The second-order valence-corrected chi connectivity index (χ2v) is 15.8. The predicted octanol–water partition coefficient (Wildman–Crippen LogP) is 7.32. The fourth-order valence-electron chi connectivity index (χ4n) is 9.19. The Kier molecular flexibility index (Phi) is 9.22. The molecule has 10 heteroatoms. The minimum atomic E-state index is -0.572. The van der Waals surface area contributed by atoms with E-state index >= 15 is 0 Å². The minimum absolute atomic E-state index is 0.00225. The molecule has 4 aromatic rings. The van der Waals surface area contributed by atoms with Gasteiger partial charge in [0.05, 0.1) is 18.8 Å². The molecular formula is C39H45N5O4S. The first-order chi connectivity index (χ1) is 23.9. The van der Waals surface area contributed by atoms with E-state index < -0.39 is 6.29 Å². The number of rotatable bonds is 10. The average Bonchev–Trinajstić information content (AvgIpc) is 3.64. The first kappa shape index (κ1) is 32.5. The van der Waals surface area contributed by atoms with Gasteiger partial charge in [-0.05, 0) is 96.2 Å². The number of urea groups is 1. The van der Waals surface area contributed by atoms with Gasteiger partial charge in [0.1, 0.15) is 6.33 Å². The second kappa shape index (κ2) is 13.9. The van der Waals surface area contributed by atoms with Crippen LogP contribution >= 0.6 is 11.8 Å². The van der Waals surface area contributed by atoms with Crippen molar-refractivity contribution in [2.45, 2.75) is 87.8 Å². The predicted molar refractivity (Wildman–Crippen MR) is 188 cm³/mol. The number of aromatic nitrogens is 3. The number of nitrogens with one attached hydrogen (secondary N) is 3. The van der Waals surface area contributed by atoms with E-state index in [0.717, 1.165) is 75.6 Å². The number of carbonyl (C=O) groups excluding carboxylic acids is 1. The molecule has 4 bridgehead atoms. The summed E-state index contributed by atoms with van der Waals surface area (Å²) in [6.45, 7) is 2.63. The molecule has 4 N–H and O–H groups in total. The third kappa shape index (κ3) is 7.15. The standard InChI is InChI=1S/C39H45N5O4S/c1-24-34(22-49-38-41-23-42-44-38)47-36(48-35(24)30-10-8-25(21-45)9-11-30)33-7-3-6-32(16-33)31-5-2-4-26(15-31)20-40-37(46)43-39-17-27-12-28(18-39)14-29(13-27)19-39/h2-11,15-16,23-24,27-29,34-36,45H,12-14,17-22H2,1H3,(H2,40,43,46)(H,41,42,44)/t24-,27?,28?,29?,34+,35+,36+,39?/m1/s1. The largest absolute Gasteiger partial charge is 0.392 e. The highest BCUT2D eigenvalue weighted by Gasteiger charge is 2.51. The topological polar surface area (TPSA) is 121 Å². The molecule has 9 nitrogen and oxygen atoms in total. The number of carbonyl (C=O) groups is 1. The molecular weight excluding hydrogens is 635 g/mol. The van der Waals surface area contributed by atoms with Crippen LogP contribution < -0.4 is 10.6 Å². The van der Waals surface area contributed by atoms with Gasteiger partial charge in [0.25, 0.3) is 0 Å². The summed E-state index contributed by atoms with van der Waals surface area (Å²) in [6.07, 6.45) is 8.13. The van der Waals surface area contributed by atoms with Crippen molar-refractivity contribution < 1.29 is 19.4 Å². The monoisotopic (exact) mass is 679 g/mol. The lowest BCUT2D eigenvalue weighted by molar-refractivity contribution is -0.268. The molecule has 1 saturated heterocycles. The molecule has 9 rings (SSSR count). The van der Waals surface area contributed by atoms with Crippen molar-refractivity contribution in [1.29, 1.82) is 0 Å². The fourth-order valence-corrected chi connectivity index (χ4v) is 10.1. The Labute approximate surface area is 292 Å². The van der Waals surface area contributed by atoms with E-state index in [-0.39, 0.29) is 36.3 Å². The lowest BCUT2D eigenvalue weighted by atomic mass is 9.53. The van der Waals surface area contributed by atoms with Crippen LogP contribution in [0.5, 0.6) is 0 Å². The average molecular weight is 680 g/mol. The summed E-state index contributed by atoms with van der Waals surface area (Å²) in [5, 5.41) is 23.8. The fraction of sp³-hybridized carbons (Fsp3) is 0.462. The van der Waals surface area contributed by atoms with Crippen molar-refractivity contribution in [3.63, 3.8) is 0 Å². The van der Waals surface area contributed by atoms with Gasteiger partial charge in [-0.2, -0.15) is 5.10 Å². The molecule has 1 aliphatic heterocycles. The zero-order chi connectivity index (χ0) is 33.4. The highest BCUT2D eigenvalue weighted by atomic mass is 32.2. The van der Waals surface area contributed by atoms with Gasteiger partial charge in [0.15, 0.2) is 11.4 Å². The molecule has 0 radical (unpaired) electrons. The highest BCUT2D eigenvalue weighted by Crippen LogP contribution is 2.55. The van der Waals surface area contributed by atoms with E-state index in [1.54, 1.807) is 11.8 Å². The molecule has 0 spiro atoms. The third-order valence-corrected chi connectivity index (χ3v) is 12.2. The third-order valence-electron chi connectivity index (χ3n) is 11.2. The van der Waals surface area contributed by atoms with Gasteiger partial charge in [0, 0.05) is 29.3 Å². The highest BCUT2D eigenvalue weighted by molar-refractivity contribution is 7.99. The lowest BCUT2D eigenvalue weighted by Crippen LogP contribution is -2.61. The maximum absolute atomic E-state index is 13.1. The van der Waals surface area contributed by atoms with Gasteiger partial charge in [0.2, 0.25) is 0 Å². The van der Waals surface area contributed by atoms with E-state index in [2.05, 4.69) is 69.1 Å². The van der Waals surface area contributed by atoms with Crippen molar-refractivity contribution in [1.82, 2.24) is 25.8 Å². The molecule has 4 atom stereocenters. The number of amides is 2. The number of aliphatic hydroxyl groups excluding tert-OH is 1. The molecule has 5 aliphatic rings. The van der Waals surface area contributed by atoms with Gasteiger partial charge in [-0.25, -0.2) is 9.78 Å². The number of hydrogen-bond donors (Lipinski definition) is 4. The molecule has 5 fully saturated rings. The molecule has 4 saturated carbocycles. The number of H-pyrrole nitrogens is 1. The summed E-state index contributed by atoms with van der Waals surface area (Å²) in [5.74, 6) is 3.13. The van der Waals surface area contributed by atoms with Crippen LogP contribution in [0.1, 0.15) is 80.1 Å². The van der Waals surface area contributed by atoms with Gasteiger partial charge < -0.3 is 25.2 Å². The molecule has 256 valence electrons. The first-order valence-corrected chi connectivity index (χ1v) is 18.6. The zero-order valence-electron chi connectivity index (χ0n) is 27.9. The van der Waals surface area contributed by atoms with Crippen molar-refractivity contribution in [3.05, 3.63) is 101 Å². The van der Waals surface area contributed by atoms with Gasteiger partial charge in [-0.3, -0.25) is 5.10 Å². The Morgan fingerprint density at radius 3 is 2.33 bits per heavy atom. The van der Waals surface area contributed by atoms with Crippen LogP contribution in [0.3, 0.4) is 0 Å². The second-order valence-electron chi connectivity index (χ2n) is 14.8. The summed E-state index contributed by atoms with van der Waals surface area (Å²) >= 11 is 1.58. The summed E-state index contributed by atoms with van der Waals surface area (Å²) in [6, 6.07) is 24.6. The van der Waals surface area contributed by atoms with Crippen LogP contribution in [0.15, 0.2) is 84.3 Å². The quantitative estimate of drug-likeness (QED) is 0.130. The Bertz CT molecular complexity index is 1710. The molecule has 4 aliphatic carbocycles. The van der Waals surface area contributed by atoms with Crippen LogP contribution in [-0.4, -0.2) is 43.7 Å². The number of hydrogen-bond acceptors (Lipinski definition) is 7. The number of aliphatic hydroxyl groups is 1. The summed E-state index contributed by atoms with van der Waals surface area (Å²) < 4.78 is 13.4. The van der Waals surface area contributed by atoms with Crippen molar-refractivity contribution in [2.75, 3.05) is 5.75 Å². The van der Waals surface area contributed by atoms with E-state index in [1.165, 1.54) is 25.6 Å². The number of ether oxygens (including phenoxy) is 2. The molecule has 2 heterocycles. The first-order valence-electron chi connectivity index (χ1n) is 17.7. The smallest absolute Gasteiger partial charge is 0.315 e. The maximum Gasteiger partial charge on any atom is 0.315 e. The normalized spacial score (nSPS) is 30.3. The van der Waals surface area contributed by atoms with Gasteiger partial charge in [-0.15, -0.1) is 0 Å². The molecule has 0 unspecified atom stereocenters. The SMILES string of the molecule is C[C@@H]1[C@H](CSc2ncn[nH]2)O[C@H](c2cccc(-c3cccc(CNC(=O)NC45CC6CC(CC(C6)C4)C5)c3)c2)O[C@@H]1c1ccc(CO)cc1. The lowest BCUT2D eigenvalue weighted by Gasteiger charge is -2.56. The zero-order valence-corrected chi connectivity index (χ0v) is 28.7. The Morgan fingerprint density at radius 1 is 0.918 bits per heavy atom. The van der Waals surface area contributed by atoms with E-state index in [9.17, 15) is 9.90 Å². The van der Waals surface area contributed by atoms with Gasteiger partial charge in [-0.1, -0.05) is 79.3 Å². The summed E-state index contributed by atoms with van der Waals surface area (Å²) in [7, 11) is 0. The molecule has 3 aromatic carbocycles. The number of benzene rings is 3. The Hall–Kier alpha value is -3.70. The van der Waals surface area contributed by atoms with Gasteiger partial charge >= 0.3 is 6.03 Å². The Balaban J connectivity index is 0.963. The molecule has 49 heavy (non-hydrogen) atoms. The Morgan fingerprint density at radius 2 is 1.63 bits per heavy atom. The van der Waals surface area contributed by atoms with Crippen LogP contribution in [0, 0.1) is 23.7 Å². The van der Waals surface area contributed by atoms with Crippen LogP contribution in [0.2, 0.25) is 0 Å². The number of thioether (sulfide) groups is 1. The summed E-state index contributed by atoms with van der Waals surface area (Å²) in [5.41, 5.74) is 6.03. The van der Waals surface area contributed by atoms with E-state index in [4.69, 9.17) is 9.47 Å². The van der Waals surface area contributed by atoms with Crippen molar-refractivity contribution >= 4 is 17.8 Å². The van der Waals surface area contributed by atoms with Crippen molar-refractivity contribution in [3.8, 4) is 11.1 Å². The number of nitrogens with zero attached hydrogens (tertiary/aromatic N) is 2. The van der Waals surface area contributed by atoms with Crippen molar-refractivity contribution in [2.24, 2.45) is 23.7 Å². The summed E-state index contributed by atoms with van der Waals surface area (Å²) in [4.78, 5) is 17.4. The van der Waals surface area contributed by atoms with Crippen LogP contribution in [0.4, 0.5) is 4.79 Å².